The van der Waals surface area contributed by atoms with Crippen LogP contribution in [0.3, 0.4) is 0 Å². The summed E-state index contributed by atoms with van der Waals surface area (Å²) in [7, 11) is 0. The van der Waals surface area contributed by atoms with Gasteiger partial charge in [0.05, 0.1) is 21.0 Å². The molecule has 96 valence electrons. The van der Waals surface area contributed by atoms with Crippen molar-refractivity contribution >= 4 is 34.5 Å². The summed E-state index contributed by atoms with van der Waals surface area (Å²) in [6.45, 7) is 1.88. The van der Waals surface area contributed by atoms with Gasteiger partial charge in [-0.2, -0.15) is 0 Å². The maximum Gasteiger partial charge on any atom is 0.142 e. The minimum absolute atomic E-state index is 0.0564. The van der Waals surface area contributed by atoms with E-state index in [9.17, 15) is 9.50 Å². The summed E-state index contributed by atoms with van der Waals surface area (Å²) in [5.41, 5.74) is 1.51. The Morgan fingerprint density at radius 2 is 2.06 bits per heavy atom. The molecule has 18 heavy (non-hydrogen) atoms. The maximum absolute atomic E-state index is 13.3. The Kier molecular flexibility index (Phi) is 4.28. The van der Waals surface area contributed by atoms with E-state index in [-0.39, 0.29) is 11.4 Å². The summed E-state index contributed by atoms with van der Waals surface area (Å²) in [6.07, 6.45) is -0.522. The van der Waals surface area contributed by atoms with Crippen LogP contribution in [-0.2, 0) is 6.42 Å². The SMILES string of the molecule is Cc1csc(C(O)Cc2cccc(F)c2Cl)c1Cl. The van der Waals surface area contributed by atoms with Crippen LogP contribution >= 0.6 is 34.5 Å². The van der Waals surface area contributed by atoms with Gasteiger partial charge in [-0.3, -0.25) is 0 Å². The quantitative estimate of drug-likeness (QED) is 0.865. The molecule has 1 aromatic heterocycles. The monoisotopic (exact) mass is 304 g/mol. The molecule has 0 radical (unpaired) electrons. The second-order valence-corrected chi connectivity index (χ2v) is 5.70. The smallest absolute Gasteiger partial charge is 0.142 e. The molecular formula is C13H11Cl2FOS. The third kappa shape index (κ3) is 2.69. The standard InChI is InChI=1S/C13H11Cl2FOS/c1-7-6-18-13(11(7)14)10(17)5-8-3-2-4-9(16)12(8)15/h2-4,6,10,17H,5H2,1H3. The van der Waals surface area contributed by atoms with Crippen molar-refractivity contribution in [1.82, 2.24) is 0 Å². The molecule has 0 amide bonds. The average Bonchev–Trinajstić information content (AvgIpc) is 2.66. The van der Waals surface area contributed by atoms with E-state index in [2.05, 4.69) is 0 Å². The summed E-state index contributed by atoms with van der Waals surface area (Å²) in [5, 5.41) is 12.6. The number of aryl methyl sites for hydroxylation is 1. The normalized spacial score (nSPS) is 12.7. The minimum atomic E-state index is -0.768. The van der Waals surface area contributed by atoms with Crippen LogP contribution in [0.5, 0.6) is 0 Å². The Balaban J connectivity index is 2.24. The zero-order valence-electron chi connectivity index (χ0n) is 9.58. The molecule has 1 heterocycles. The van der Waals surface area contributed by atoms with Gasteiger partial charge in [0.2, 0.25) is 0 Å². The van der Waals surface area contributed by atoms with Gasteiger partial charge < -0.3 is 5.11 Å². The molecule has 5 heteroatoms. The average molecular weight is 305 g/mol. The van der Waals surface area contributed by atoms with Gasteiger partial charge in [0.15, 0.2) is 0 Å². The number of rotatable bonds is 3. The van der Waals surface area contributed by atoms with Gasteiger partial charge in [0, 0.05) is 6.42 Å². The Morgan fingerprint density at radius 1 is 1.33 bits per heavy atom. The highest BCUT2D eigenvalue weighted by Crippen LogP contribution is 2.35. The fourth-order valence-corrected chi connectivity index (χ4v) is 3.19. The Bertz CT molecular complexity index is 568. The summed E-state index contributed by atoms with van der Waals surface area (Å²) < 4.78 is 13.3. The van der Waals surface area contributed by atoms with Crippen molar-refractivity contribution in [2.45, 2.75) is 19.4 Å². The molecule has 1 unspecified atom stereocenters. The first-order valence-corrected chi connectivity index (χ1v) is 6.98. The largest absolute Gasteiger partial charge is 0.387 e. The van der Waals surface area contributed by atoms with Crippen molar-refractivity contribution in [3.63, 3.8) is 0 Å². The fourth-order valence-electron chi connectivity index (χ4n) is 1.68. The van der Waals surface area contributed by atoms with Crippen molar-refractivity contribution in [2.75, 3.05) is 0 Å². The highest BCUT2D eigenvalue weighted by molar-refractivity contribution is 7.10. The van der Waals surface area contributed by atoms with E-state index in [1.807, 2.05) is 12.3 Å². The van der Waals surface area contributed by atoms with Crippen LogP contribution in [0.4, 0.5) is 4.39 Å². The third-order valence-corrected chi connectivity index (χ3v) is 4.91. The number of hydrogen-bond donors (Lipinski definition) is 1. The lowest BCUT2D eigenvalue weighted by atomic mass is 10.1. The summed E-state index contributed by atoms with van der Waals surface area (Å²) >= 11 is 13.3. The molecule has 1 aromatic carbocycles. The van der Waals surface area contributed by atoms with Gasteiger partial charge in [-0.25, -0.2) is 4.39 Å². The van der Waals surface area contributed by atoms with E-state index in [0.29, 0.717) is 15.5 Å². The van der Waals surface area contributed by atoms with Crippen LogP contribution in [0, 0.1) is 12.7 Å². The predicted octanol–water partition coefficient (Wildman–Crippen LogP) is 4.78. The number of aliphatic hydroxyl groups excluding tert-OH is 1. The van der Waals surface area contributed by atoms with Gasteiger partial charge in [0.25, 0.3) is 0 Å². The van der Waals surface area contributed by atoms with Crippen molar-refractivity contribution in [3.05, 3.63) is 55.4 Å². The molecule has 0 aliphatic carbocycles. The van der Waals surface area contributed by atoms with Crippen molar-refractivity contribution in [3.8, 4) is 0 Å². The molecule has 2 aromatic rings. The van der Waals surface area contributed by atoms with Crippen LogP contribution in [0.15, 0.2) is 23.6 Å². The van der Waals surface area contributed by atoms with Crippen LogP contribution < -0.4 is 0 Å². The molecule has 1 N–H and O–H groups in total. The first kappa shape index (κ1) is 13.8. The maximum atomic E-state index is 13.3. The van der Waals surface area contributed by atoms with E-state index in [4.69, 9.17) is 23.2 Å². The summed E-state index contributed by atoms with van der Waals surface area (Å²) in [4.78, 5) is 0.689. The first-order chi connectivity index (χ1) is 8.50. The van der Waals surface area contributed by atoms with E-state index < -0.39 is 11.9 Å². The number of hydrogen-bond acceptors (Lipinski definition) is 2. The third-order valence-electron chi connectivity index (χ3n) is 2.67. The minimum Gasteiger partial charge on any atom is -0.387 e. The summed E-state index contributed by atoms with van der Waals surface area (Å²) in [6, 6.07) is 4.56. The topological polar surface area (TPSA) is 20.2 Å². The second kappa shape index (κ2) is 5.57. The first-order valence-electron chi connectivity index (χ1n) is 5.35. The van der Waals surface area contributed by atoms with Crippen molar-refractivity contribution in [1.29, 1.82) is 0 Å². The predicted molar refractivity (Wildman–Crippen MR) is 74.1 cm³/mol. The second-order valence-electron chi connectivity index (χ2n) is 4.03. The molecule has 2 rings (SSSR count). The Labute approximate surface area is 119 Å². The Morgan fingerprint density at radius 3 is 2.67 bits per heavy atom. The van der Waals surface area contributed by atoms with Gasteiger partial charge in [-0.15, -0.1) is 11.3 Å². The van der Waals surface area contributed by atoms with Gasteiger partial charge in [-0.05, 0) is 29.5 Å². The molecular weight excluding hydrogens is 294 g/mol. The van der Waals surface area contributed by atoms with Crippen LogP contribution in [0.25, 0.3) is 0 Å². The van der Waals surface area contributed by atoms with E-state index in [1.165, 1.54) is 17.4 Å². The van der Waals surface area contributed by atoms with Gasteiger partial charge in [0.1, 0.15) is 5.82 Å². The highest BCUT2D eigenvalue weighted by Gasteiger charge is 2.18. The van der Waals surface area contributed by atoms with Gasteiger partial charge in [-0.1, -0.05) is 35.3 Å². The van der Waals surface area contributed by atoms with Crippen molar-refractivity contribution in [2.24, 2.45) is 0 Å². The molecule has 0 bridgehead atoms. The zero-order valence-corrected chi connectivity index (χ0v) is 11.9. The van der Waals surface area contributed by atoms with Crippen LogP contribution in [0.2, 0.25) is 10.0 Å². The molecule has 0 saturated carbocycles. The zero-order chi connectivity index (χ0) is 13.3. The van der Waals surface area contributed by atoms with Crippen molar-refractivity contribution < 1.29 is 9.50 Å². The molecule has 0 aliphatic heterocycles. The van der Waals surface area contributed by atoms with E-state index in [1.54, 1.807) is 12.1 Å². The highest BCUT2D eigenvalue weighted by atomic mass is 35.5. The number of thiophene rings is 1. The molecule has 1 atom stereocenters. The number of benzene rings is 1. The molecule has 0 fully saturated rings. The molecule has 0 spiro atoms. The number of aliphatic hydroxyl groups is 1. The number of halogens is 3. The fraction of sp³-hybridized carbons (Fsp3) is 0.231. The lowest BCUT2D eigenvalue weighted by Crippen LogP contribution is -2.01. The molecule has 1 nitrogen and oxygen atoms in total. The van der Waals surface area contributed by atoms with Crippen LogP contribution in [0.1, 0.15) is 22.1 Å². The lowest BCUT2D eigenvalue weighted by Gasteiger charge is -2.11. The van der Waals surface area contributed by atoms with E-state index >= 15 is 0 Å². The lowest BCUT2D eigenvalue weighted by molar-refractivity contribution is 0.182. The Hall–Kier alpha value is -0.610. The molecule has 0 saturated heterocycles. The van der Waals surface area contributed by atoms with Crippen LogP contribution in [-0.4, -0.2) is 5.11 Å². The summed E-state index contributed by atoms with van der Waals surface area (Å²) in [5.74, 6) is -0.477. The van der Waals surface area contributed by atoms with Gasteiger partial charge >= 0.3 is 0 Å². The van der Waals surface area contributed by atoms with E-state index in [0.717, 1.165) is 5.56 Å². The molecule has 0 aliphatic rings.